The minimum Gasteiger partial charge on any atom is -0.394 e. The van der Waals surface area contributed by atoms with E-state index in [1.54, 1.807) is 0 Å². The molecule has 0 spiro atoms. The first kappa shape index (κ1) is 11.8. The predicted octanol–water partition coefficient (Wildman–Crippen LogP) is -1.12. The van der Waals surface area contributed by atoms with Crippen molar-refractivity contribution < 1.29 is 10.2 Å². The van der Waals surface area contributed by atoms with Crippen LogP contribution in [-0.2, 0) is 0 Å². The topological polar surface area (TPSA) is 55.7 Å². The smallest absolute Gasteiger partial charge is 0.0894 e. The predicted molar refractivity (Wildman–Crippen MR) is 49.1 cm³/mol. The van der Waals surface area contributed by atoms with Gasteiger partial charge in [-0.15, -0.1) is 0 Å². The first-order valence-corrected chi connectivity index (χ1v) is 4.24. The van der Waals surface area contributed by atoms with Gasteiger partial charge in [-0.05, 0) is 21.0 Å². The summed E-state index contributed by atoms with van der Waals surface area (Å²) in [6.45, 7) is 3.19. The fourth-order valence-electron chi connectivity index (χ4n) is 0.706. The zero-order valence-electron chi connectivity index (χ0n) is 8.12. The fourth-order valence-corrected chi connectivity index (χ4v) is 0.706. The summed E-state index contributed by atoms with van der Waals surface area (Å²) in [5.41, 5.74) is 0. The van der Waals surface area contributed by atoms with Gasteiger partial charge in [-0.3, -0.25) is 0 Å². The number of rotatable bonds is 6. The number of aliphatic hydroxyl groups excluding tert-OH is 2. The minimum absolute atomic E-state index is 0.177. The van der Waals surface area contributed by atoms with E-state index in [1.807, 2.05) is 14.1 Å². The Morgan fingerprint density at radius 1 is 1.33 bits per heavy atom. The van der Waals surface area contributed by atoms with Gasteiger partial charge in [0.05, 0.1) is 12.7 Å². The molecule has 0 amide bonds. The van der Waals surface area contributed by atoms with Crippen LogP contribution in [0.1, 0.15) is 6.92 Å². The van der Waals surface area contributed by atoms with Gasteiger partial charge in [0.25, 0.3) is 0 Å². The molecular weight excluding hydrogens is 156 g/mol. The molecule has 0 saturated carbocycles. The summed E-state index contributed by atoms with van der Waals surface area (Å²) < 4.78 is 0. The zero-order valence-corrected chi connectivity index (χ0v) is 8.12. The van der Waals surface area contributed by atoms with E-state index >= 15 is 0 Å². The number of hydrogen-bond donors (Lipinski definition) is 3. The third-order valence-corrected chi connectivity index (χ3v) is 1.91. The zero-order chi connectivity index (χ0) is 9.56. The second-order valence-corrected chi connectivity index (χ2v) is 3.31. The van der Waals surface area contributed by atoms with Gasteiger partial charge < -0.3 is 20.4 Å². The summed E-state index contributed by atoms with van der Waals surface area (Å²) in [6, 6.07) is 0.441. The highest BCUT2D eigenvalue weighted by Crippen LogP contribution is 1.88. The molecule has 4 nitrogen and oxygen atoms in total. The van der Waals surface area contributed by atoms with Crippen LogP contribution in [0.25, 0.3) is 0 Å². The molecule has 4 heteroatoms. The van der Waals surface area contributed by atoms with Crippen molar-refractivity contribution in [3.8, 4) is 0 Å². The van der Waals surface area contributed by atoms with E-state index < -0.39 is 6.10 Å². The van der Waals surface area contributed by atoms with E-state index in [0.29, 0.717) is 12.6 Å². The van der Waals surface area contributed by atoms with Crippen LogP contribution in [0.4, 0.5) is 0 Å². The number of hydrogen-bond acceptors (Lipinski definition) is 4. The number of likely N-dealkylation sites (N-methyl/N-ethyl adjacent to an activating group) is 1. The summed E-state index contributed by atoms with van der Waals surface area (Å²) in [5.74, 6) is 0. The number of nitrogens with zero attached hydrogens (tertiary/aromatic N) is 1. The van der Waals surface area contributed by atoms with E-state index in [-0.39, 0.29) is 6.61 Å². The SMILES string of the molecule is CC(CNCC(O)CO)N(C)C. The van der Waals surface area contributed by atoms with Crippen LogP contribution in [0.5, 0.6) is 0 Å². The Balaban J connectivity index is 3.30. The molecule has 2 unspecified atom stereocenters. The Hall–Kier alpha value is -0.160. The highest BCUT2D eigenvalue weighted by molar-refractivity contribution is 4.65. The molecule has 0 heterocycles. The van der Waals surface area contributed by atoms with Crippen molar-refractivity contribution in [2.24, 2.45) is 0 Å². The van der Waals surface area contributed by atoms with E-state index in [9.17, 15) is 0 Å². The Morgan fingerprint density at radius 3 is 2.33 bits per heavy atom. The molecule has 0 rings (SSSR count). The van der Waals surface area contributed by atoms with Crippen molar-refractivity contribution >= 4 is 0 Å². The van der Waals surface area contributed by atoms with Crippen LogP contribution in [0, 0.1) is 0 Å². The van der Waals surface area contributed by atoms with Crippen LogP contribution in [0.2, 0.25) is 0 Å². The molecule has 0 aliphatic rings. The van der Waals surface area contributed by atoms with Crippen LogP contribution in [-0.4, -0.2) is 61.1 Å². The van der Waals surface area contributed by atoms with Crippen molar-refractivity contribution in [2.75, 3.05) is 33.8 Å². The summed E-state index contributed by atoms with van der Waals surface area (Å²) in [7, 11) is 4.02. The number of aliphatic hydroxyl groups is 2. The summed E-state index contributed by atoms with van der Waals surface area (Å²) in [6.07, 6.45) is -0.639. The lowest BCUT2D eigenvalue weighted by Gasteiger charge is -2.20. The average molecular weight is 176 g/mol. The summed E-state index contributed by atoms with van der Waals surface area (Å²) in [4.78, 5) is 2.10. The lowest BCUT2D eigenvalue weighted by atomic mass is 10.3. The monoisotopic (exact) mass is 176 g/mol. The second-order valence-electron chi connectivity index (χ2n) is 3.31. The Kier molecular flexibility index (Phi) is 6.28. The quantitative estimate of drug-likeness (QED) is 0.480. The van der Waals surface area contributed by atoms with E-state index in [2.05, 4.69) is 17.1 Å². The highest BCUT2D eigenvalue weighted by atomic mass is 16.3. The van der Waals surface area contributed by atoms with E-state index in [0.717, 1.165) is 6.54 Å². The van der Waals surface area contributed by atoms with Crippen molar-refractivity contribution in [1.82, 2.24) is 10.2 Å². The van der Waals surface area contributed by atoms with Gasteiger partial charge in [-0.2, -0.15) is 0 Å². The third kappa shape index (κ3) is 5.49. The molecule has 0 aromatic heterocycles. The normalized spacial score (nSPS) is 16.5. The first-order chi connectivity index (χ1) is 5.57. The van der Waals surface area contributed by atoms with Crippen LogP contribution in [0.3, 0.4) is 0 Å². The van der Waals surface area contributed by atoms with Crippen LogP contribution >= 0.6 is 0 Å². The third-order valence-electron chi connectivity index (χ3n) is 1.91. The molecule has 0 fully saturated rings. The van der Waals surface area contributed by atoms with Crippen molar-refractivity contribution in [1.29, 1.82) is 0 Å². The van der Waals surface area contributed by atoms with Gasteiger partial charge in [0, 0.05) is 19.1 Å². The van der Waals surface area contributed by atoms with Crippen molar-refractivity contribution in [3.63, 3.8) is 0 Å². The van der Waals surface area contributed by atoms with Gasteiger partial charge in [-0.1, -0.05) is 0 Å². The summed E-state index contributed by atoms with van der Waals surface area (Å²) in [5, 5.41) is 20.6. The minimum atomic E-state index is -0.639. The van der Waals surface area contributed by atoms with Crippen LogP contribution < -0.4 is 5.32 Å². The van der Waals surface area contributed by atoms with Crippen LogP contribution in [0.15, 0.2) is 0 Å². The van der Waals surface area contributed by atoms with E-state index in [1.165, 1.54) is 0 Å². The molecule has 0 aliphatic heterocycles. The Morgan fingerprint density at radius 2 is 1.92 bits per heavy atom. The highest BCUT2D eigenvalue weighted by Gasteiger charge is 2.05. The molecule has 3 N–H and O–H groups in total. The largest absolute Gasteiger partial charge is 0.394 e. The fraction of sp³-hybridized carbons (Fsp3) is 1.00. The lowest BCUT2D eigenvalue weighted by Crippen LogP contribution is -2.39. The second kappa shape index (κ2) is 6.37. The van der Waals surface area contributed by atoms with Gasteiger partial charge in [-0.25, -0.2) is 0 Å². The van der Waals surface area contributed by atoms with Crippen molar-refractivity contribution in [3.05, 3.63) is 0 Å². The lowest BCUT2D eigenvalue weighted by molar-refractivity contribution is 0.0931. The summed E-state index contributed by atoms with van der Waals surface area (Å²) >= 11 is 0. The maximum atomic E-state index is 8.98. The molecule has 0 saturated heterocycles. The first-order valence-electron chi connectivity index (χ1n) is 4.24. The molecule has 74 valence electrons. The Bertz CT molecular complexity index is 109. The van der Waals surface area contributed by atoms with Gasteiger partial charge in [0.15, 0.2) is 0 Å². The maximum Gasteiger partial charge on any atom is 0.0894 e. The molecule has 0 aromatic carbocycles. The molecule has 0 radical (unpaired) electrons. The molecule has 0 aliphatic carbocycles. The average Bonchev–Trinajstić information content (AvgIpc) is 2.03. The van der Waals surface area contributed by atoms with E-state index in [4.69, 9.17) is 10.2 Å². The molecule has 0 bridgehead atoms. The molecule has 0 aromatic rings. The molecular formula is C8H20N2O2. The van der Waals surface area contributed by atoms with Gasteiger partial charge in [0.1, 0.15) is 0 Å². The Labute approximate surface area is 74.2 Å². The molecule has 2 atom stereocenters. The standard InChI is InChI=1S/C8H20N2O2/c1-7(10(2)3)4-9-5-8(12)6-11/h7-9,11-12H,4-6H2,1-3H3. The van der Waals surface area contributed by atoms with Crippen molar-refractivity contribution in [2.45, 2.75) is 19.1 Å². The maximum absolute atomic E-state index is 8.98. The van der Waals surface area contributed by atoms with Gasteiger partial charge >= 0.3 is 0 Å². The number of nitrogens with one attached hydrogen (secondary N) is 1. The molecule has 12 heavy (non-hydrogen) atoms. The van der Waals surface area contributed by atoms with Gasteiger partial charge in [0.2, 0.25) is 0 Å².